The maximum Gasteiger partial charge on any atom is 0.325 e. The molecule has 2 saturated heterocycles. The van der Waals surface area contributed by atoms with Crippen LogP contribution in [0.25, 0.3) is 0 Å². The number of hydrogen-bond donors (Lipinski definition) is 0. The number of ether oxygens (including phenoxy) is 6. The van der Waals surface area contributed by atoms with E-state index in [-0.39, 0.29) is 32.8 Å². The van der Waals surface area contributed by atoms with Gasteiger partial charge in [-0.3, -0.25) is 9.63 Å². The van der Waals surface area contributed by atoms with Crippen LogP contribution in [0.1, 0.15) is 41.2 Å². The Hall–Kier alpha value is -4.71. The molecule has 0 amide bonds. The first kappa shape index (κ1) is 38.6. The number of hydrogen-bond acceptors (Lipinski definition) is 9. The van der Waals surface area contributed by atoms with Crippen molar-refractivity contribution in [3.05, 3.63) is 179 Å². The Labute approximate surface area is 323 Å². The van der Waals surface area contributed by atoms with Crippen LogP contribution in [0.4, 0.5) is 0 Å². The molecule has 5 aromatic rings. The summed E-state index contributed by atoms with van der Waals surface area (Å²) in [6, 6.07) is 49.1. The molecule has 9 nitrogen and oxygen atoms in total. The standard InChI is InChI=1S/C46H49NO8/c1-2-50-45(48)40-28-46(55-47(40)29-35-18-8-3-9-19-35)44(53-33-39-26-16-7-17-27-39)43(52-32-38-24-14-6-15-25-38)42(51-31-37-22-12-5-13-23-37)41(54-46)34-49-30-36-20-10-4-11-21-36/h3-27,40-44H,2,28-34H2,1H3/t40-,41-,42-,43+,44-,46-/m1/s1. The van der Waals surface area contributed by atoms with Crippen molar-refractivity contribution in [3.8, 4) is 0 Å². The highest BCUT2D eigenvalue weighted by atomic mass is 16.8. The van der Waals surface area contributed by atoms with E-state index in [1.54, 1.807) is 12.0 Å². The Kier molecular flexibility index (Phi) is 13.5. The van der Waals surface area contributed by atoms with Crippen LogP contribution in [0.3, 0.4) is 0 Å². The van der Waals surface area contributed by atoms with Crippen LogP contribution in [0.5, 0.6) is 0 Å². The maximum atomic E-state index is 13.8. The summed E-state index contributed by atoms with van der Waals surface area (Å²) in [4.78, 5) is 20.7. The van der Waals surface area contributed by atoms with Gasteiger partial charge < -0.3 is 28.4 Å². The topological polar surface area (TPSA) is 84.9 Å². The van der Waals surface area contributed by atoms with E-state index < -0.39 is 42.2 Å². The summed E-state index contributed by atoms with van der Waals surface area (Å²) in [5.41, 5.74) is 4.96. The smallest absolute Gasteiger partial charge is 0.325 e. The summed E-state index contributed by atoms with van der Waals surface area (Å²) < 4.78 is 39.9. The second-order valence-corrected chi connectivity index (χ2v) is 13.8. The van der Waals surface area contributed by atoms with Crippen molar-refractivity contribution in [3.63, 3.8) is 0 Å². The molecule has 0 unspecified atom stereocenters. The minimum Gasteiger partial charge on any atom is -0.465 e. The van der Waals surface area contributed by atoms with Crippen molar-refractivity contribution in [2.24, 2.45) is 0 Å². The molecule has 286 valence electrons. The van der Waals surface area contributed by atoms with E-state index in [0.29, 0.717) is 19.8 Å². The molecule has 5 aromatic carbocycles. The van der Waals surface area contributed by atoms with Gasteiger partial charge >= 0.3 is 5.97 Å². The lowest BCUT2D eigenvalue weighted by molar-refractivity contribution is -0.408. The van der Waals surface area contributed by atoms with Crippen LogP contribution in [0, 0.1) is 0 Å². The van der Waals surface area contributed by atoms with E-state index in [0.717, 1.165) is 27.8 Å². The predicted octanol–water partition coefficient (Wildman–Crippen LogP) is 7.82. The van der Waals surface area contributed by atoms with E-state index in [1.807, 2.05) is 152 Å². The van der Waals surface area contributed by atoms with Crippen molar-refractivity contribution in [2.75, 3.05) is 13.2 Å². The molecule has 0 bridgehead atoms. The van der Waals surface area contributed by atoms with Crippen LogP contribution in [-0.2, 0) is 71.0 Å². The first-order chi connectivity index (χ1) is 27.1. The third kappa shape index (κ3) is 10.1. The highest BCUT2D eigenvalue weighted by Crippen LogP contribution is 2.46. The van der Waals surface area contributed by atoms with Crippen molar-refractivity contribution in [1.82, 2.24) is 5.06 Å². The molecule has 0 aliphatic carbocycles. The van der Waals surface area contributed by atoms with Crippen LogP contribution in [0.15, 0.2) is 152 Å². The Balaban J connectivity index is 1.28. The third-order valence-electron chi connectivity index (χ3n) is 9.85. The van der Waals surface area contributed by atoms with E-state index in [4.69, 9.17) is 33.3 Å². The lowest BCUT2D eigenvalue weighted by Gasteiger charge is -2.50. The largest absolute Gasteiger partial charge is 0.465 e. The SMILES string of the molecule is CCOC(=O)[C@H]1C[C@@]2(O[C@H](COCc3ccccc3)[C@@H](OCc3ccccc3)[C@H](OCc3ccccc3)[C@H]2OCc2ccccc2)ON1Cc1ccccc1. The van der Waals surface area contributed by atoms with Gasteiger partial charge in [-0.25, -0.2) is 0 Å². The molecule has 0 radical (unpaired) electrons. The zero-order valence-corrected chi connectivity index (χ0v) is 31.2. The number of hydroxylamine groups is 2. The van der Waals surface area contributed by atoms with Gasteiger partial charge in [0.25, 0.3) is 0 Å². The number of rotatable bonds is 17. The molecule has 6 atom stereocenters. The van der Waals surface area contributed by atoms with Gasteiger partial charge in [-0.2, -0.15) is 5.06 Å². The first-order valence-electron chi connectivity index (χ1n) is 19.0. The fourth-order valence-corrected chi connectivity index (χ4v) is 7.17. The molecule has 0 aromatic heterocycles. The summed E-state index contributed by atoms with van der Waals surface area (Å²) >= 11 is 0. The summed E-state index contributed by atoms with van der Waals surface area (Å²) in [7, 11) is 0. The van der Waals surface area contributed by atoms with Crippen LogP contribution in [0.2, 0.25) is 0 Å². The number of nitrogens with zero attached hydrogens (tertiary/aromatic N) is 1. The fraction of sp³-hybridized carbons (Fsp3) is 0.326. The normalized spacial score (nSPS) is 23.8. The van der Waals surface area contributed by atoms with Crippen LogP contribution >= 0.6 is 0 Å². The molecule has 0 saturated carbocycles. The van der Waals surface area contributed by atoms with Gasteiger partial charge in [-0.1, -0.05) is 152 Å². The monoisotopic (exact) mass is 743 g/mol. The van der Waals surface area contributed by atoms with Gasteiger partial charge in [-0.15, -0.1) is 0 Å². The molecule has 55 heavy (non-hydrogen) atoms. The summed E-state index contributed by atoms with van der Waals surface area (Å²) in [5, 5.41) is 1.67. The molecule has 2 fully saturated rings. The molecule has 2 aliphatic heterocycles. The number of esters is 1. The second-order valence-electron chi connectivity index (χ2n) is 13.8. The predicted molar refractivity (Wildman–Crippen MR) is 207 cm³/mol. The summed E-state index contributed by atoms with van der Waals surface area (Å²) in [6.45, 7) is 3.72. The van der Waals surface area contributed by atoms with E-state index in [2.05, 4.69) is 0 Å². The van der Waals surface area contributed by atoms with E-state index in [9.17, 15) is 4.79 Å². The molecule has 2 aliphatic rings. The zero-order valence-electron chi connectivity index (χ0n) is 31.2. The van der Waals surface area contributed by atoms with Crippen LogP contribution in [-0.4, -0.2) is 60.5 Å². The Morgan fingerprint density at radius 1 is 0.618 bits per heavy atom. The quantitative estimate of drug-likeness (QED) is 0.0886. The molecule has 2 heterocycles. The van der Waals surface area contributed by atoms with E-state index in [1.165, 1.54) is 0 Å². The fourth-order valence-electron chi connectivity index (χ4n) is 7.17. The van der Waals surface area contributed by atoms with Crippen molar-refractivity contribution < 1.29 is 38.1 Å². The molecular weight excluding hydrogens is 695 g/mol. The highest BCUT2D eigenvalue weighted by molar-refractivity contribution is 5.76. The Bertz CT molecular complexity index is 1870. The number of carbonyl (C=O) groups is 1. The highest BCUT2D eigenvalue weighted by Gasteiger charge is 2.64. The second kappa shape index (κ2) is 19.2. The van der Waals surface area contributed by atoms with Crippen molar-refractivity contribution in [1.29, 1.82) is 0 Å². The van der Waals surface area contributed by atoms with Gasteiger partial charge in [0, 0.05) is 6.42 Å². The molecule has 1 spiro atoms. The number of carbonyl (C=O) groups excluding carboxylic acids is 1. The Morgan fingerprint density at radius 2 is 1.07 bits per heavy atom. The average Bonchev–Trinajstić information content (AvgIpc) is 3.59. The minimum atomic E-state index is -1.48. The average molecular weight is 744 g/mol. The number of benzene rings is 5. The zero-order chi connectivity index (χ0) is 37.7. The van der Waals surface area contributed by atoms with Gasteiger partial charge in [0.2, 0.25) is 5.79 Å². The summed E-state index contributed by atoms with van der Waals surface area (Å²) in [6.07, 6.45) is -2.76. The van der Waals surface area contributed by atoms with Crippen molar-refractivity contribution in [2.45, 2.75) is 82.6 Å². The van der Waals surface area contributed by atoms with Gasteiger partial charge in [0.05, 0.1) is 46.2 Å². The van der Waals surface area contributed by atoms with Crippen molar-refractivity contribution >= 4 is 5.97 Å². The van der Waals surface area contributed by atoms with Gasteiger partial charge in [-0.05, 0) is 34.7 Å². The van der Waals surface area contributed by atoms with Crippen LogP contribution < -0.4 is 0 Å². The molecule has 0 N–H and O–H groups in total. The molecule has 9 heteroatoms. The third-order valence-corrected chi connectivity index (χ3v) is 9.85. The van der Waals surface area contributed by atoms with Gasteiger partial charge in [0.15, 0.2) is 0 Å². The lowest BCUT2D eigenvalue weighted by atomic mass is 9.88. The molecular formula is C46H49NO8. The van der Waals surface area contributed by atoms with Gasteiger partial charge in [0.1, 0.15) is 30.5 Å². The summed E-state index contributed by atoms with van der Waals surface area (Å²) in [5.74, 6) is -1.88. The van der Waals surface area contributed by atoms with E-state index >= 15 is 0 Å². The molecule has 7 rings (SSSR count). The maximum absolute atomic E-state index is 13.8. The first-order valence-corrected chi connectivity index (χ1v) is 19.0. The minimum absolute atomic E-state index is 0.129. The lowest BCUT2D eigenvalue weighted by Crippen LogP contribution is -2.67. The Morgan fingerprint density at radius 3 is 1.58 bits per heavy atom.